The number of aromatic nitrogens is 2. The number of nitrogens with one attached hydrogen (secondary N) is 1. The van der Waals surface area contributed by atoms with Crippen LogP contribution in [0.2, 0.25) is 0 Å². The molecule has 100 valence electrons. The number of hydrogen-bond acceptors (Lipinski definition) is 6. The van der Waals surface area contributed by atoms with Crippen molar-refractivity contribution in [1.29, 1.82) is 0 Å². The van der Waals surface area contributed by atoms with Crippen LogP contribution in [0, 0.1) is 0 Å². The van der Waals surface area contributed by atoms with Crippen LogP contribution in [0.4, 0.5) is 6.01 Å². The predicted molar refractivity (Wildman–Crippen MR) is 65.9 cm³/mol. The Labute approximate surface area is 106 Å². The molecule has 7 heteroatoms. The third kappa shape index (κ3) is 2.79. The summed E-state index contributed by atoms with van der Waals surface area (Å²) >= 11 is 0. The van der Waals surface area contributed by atoms with E-state index in [4.69, 9.17) is 10.2 Å². The molecule has 2 heterocycles. The molecule has 18 heavy (non-hydrogen) atoms. The Balaban J connectivity index is 1.98. The number of amides is 1. The summed E-state index contributed by atoms with van der Waals surface area (Å²) < 4.78 is 5.53. The summed E-state index contributed by atoms with van der Waals surface area (Å²) in [6, 6.07) is 0.0755. The smallest absolute Gasteiger partial charge is 0.318 e. The molecule has 1 aliphatic rings. The summed E-state index contributed by atoms with van der Waals surface area (Å²) in [6.45, 7) is 4.28. The fourth-order valence-electron chi connectivity index (χ4n) is 2.10. The molecule has 1 aromatic rings. The van der Waals surface area contributed by atoms with E-state index in [1.165, 1.54) is 0 Å². The Morgan fingerprint density at radius 3 is 3.17 bits per heavy atom. The van der Waals surface area contributed by atoms with Gasteiger partial charge in [0.2, 0.25) is 11.8 Å². The largest absolute Gasteiger partial charge is 0.407 e. The van der Waals surface area contributed by atoms with Crippen molar-refractivity contribution in [2.75, 3.05) is 18.0 Å². The lowest BCUT2D eigenvalue weighted by Crippen LogP contribution is -2.40. The molecular formula is C11H19N5O2. The molecule has 1 aromatic heterocycles. The van der Waals surface area contributed by atoms with Gasteiger partial charge in [-0.1, -0.05) is 12.0 Å². The molecular weight excluding hydrogens is 234 g/mol. The molecule has 0 bridgehead atoms. The van der Waals surface area contributed by atoms with Crippen LogP contribution < -0.4 is 16.0 Å². The number of primary amides is 1. The van der Waals surface area contributed by atoms with Gasteiger partial charge in [0.15, 0.2) is 0 Å². The Bertz CT molecular complexity index is 406. The van der Waals surface area contributed by atoms with Gasteiger partial charge in [-0.2, -0.15) is 0 Å². The molecule has 0 radical (unpaired) electrons. The van der Waals surface area contributed by atoms with Crippen molar-refractivity contribution >= 4 is 11.9 Å². The number of anilines is 1. The van der Waals surface area contributed by atoms with Gasteiger partial charge >= 0.3 is 6.01 Å². The first-order chi connectivity index (χ1) is 8.72. The summed E-state index contributed by atoms with van der Waals surface area (Å²) in [7, 11) is 0. The number of nitrogens with zero attached hydrogens (tertiary/aromatic N) is 3. The van der Waals surface area contributed by atoms with Crippen molar-refractivity contribution < 1.29 is 9.21 Å². The van der Waals surface area contributed by atoms with E-state index in [1.54, 1.807) is 4.90 Å². The first-order valence-corrected chi connectivity index (χ1v) is 6.31. The monoisotopic (exact) mass is 253 g/mol. The molecule has 0 aromatic carbocycles. The number of carbonyl (C=O) groups excluding carboxylic acids is 1. The van der Waals surface area contributed by atoms with Crippen molar-refractivity contribution in [2.45, 2.75) is 38.8 Å². The Morgan fingerprint density at radius 2 is 2.44 bits per heavy atom. The van der Waals surface area contributed by atoms with E-state index in [1.807, 2.05) is 0 Å². The van der Waals surface area contributed by atoms with Gasteiger partial charge in [-0.15, -0.1) is 5.10 Å². The van der Waals surface area contributed by atoms with Crippen LogP contribution in [-0.4, -0.2) is 35.2 Å². The zero-order chi connectivity index (χ0) is 13.0. The fraction of sp³-hybridized carbons (Fsp3) is 0.727. The van der Waals surface area contributed by atoms with E-state index in [0.717, 1.165) is 32.4 Å². The average Bonchev–Trinajstić information content (AvgIpc) is 2.96. The van der Waals surface area contributed by atoms with Crippen LogP contribution in [0.25, 0.3) is 0 Å². The maximum absolute atomic E-state index is 11.3. The van der Waals surface area contributed by atoms with E-state index in [-0.39, 0.29) is 11.9 Å². The topological polar surface area (TPSA) is 97.3 Å². The predicted octanol–water partition coefficient (Wildman–Crippen LogP) is 0.0233. The Kier molecular flexibility index (Phi) is 4.14. The number of carbonyl (C=O) groups is 1. The normalized spacial score (nSPS) is 19.4. The second-order valence-corrected chi connectivity index (χ2v) is 4.41. The van der Waals surface area contributed by atoms with Crippen LogP contribution in [0.5, 0.6) is 0 Å². The number of hydrogen-bond donors (Lipinski definition) is 2. The van der Waals surface area contributed by atoms with Gasteiger partial charge in [0.1, 0.15) is 6.04 Å². The molecule has 1 atom stereocenters. The third-order valence-corrected chi connectivity index (χ3v) is 2.99. The number of nitrogens with two attached hydrogens (primary N) is 1. The van der Waals surface area contributed by atoms with E-state index in [2.05, 4.69) is 22.4 Å². The first-order valence-electron chi connectivity index (χ1n) is 6.31. The second-order valence-electron chi connectivity index (χ2n) is 4.41. The average molecular weight is 253 g/mol. The standard InChI is InChI=1S/C11H19N5O2/c1-2-5-13-7-9-14-15-11(18-9)16-6-3-4-8(16)10(12)17/h8,13H,2-7H2,1H3,(H2,12,17). The van der Waals surface area contributed by atoms with E-state index in [9.17, 15) is 4.79 Å². The molecule has 0 spiro atoms. The molecule has 7 nitrogen and oxygen atoms in total. The van der Waals surface area contributed by atoms with Crippen molar-refractivity contribution in [3.8, 4) is 0 Å². The van der Waals surface area contributed by atoms with E-state index < -0.39 is 0 Å². The lowest BCUT2D eigenvalue weighted by Gasteiger charge is -2.18. The maximum atomic E-state index is 11.3. The van der Waals surface area contributed by atoms with Gasteiger partial charge in [0.25, 0.3) is 0 Å². The van der Waals surface area contributed by atoms with Crippen molar-refractivity contribution in [3.05, 3.63) is 5.89 Å². The van der Waals surface area contributed by atoms with Gasteiger partial charge in [-0.3, -0.25) is 4.79 Å². The van der Waals surface area contributed by atoms with Gasteiger partial charge in [-0.05, 0) is 25.8 Å². The minimum atomic E-state index is -0.337. The SMILES string of the molecule is CCCNCc1nnc(N2CCCC2C(N)=O)o1. The molecule has 1 aliphatic heterocycles. The number of rotatable bonds is 6. The molecule has 2 rings (SSSR count). The van der Waals surface area contributed by atoms with Gasteiger partial charge < -0.3 is 20.4 Å². The van der Waals surface area contributed by atoms with Crippen molar-refractivity contribution in [1.82, 2.24) is 15.5 Å². The summed E-state index contributed by atoms with van der Waals surface area (Å²) in [5.74, 6) is 0.199. The minimum absolute atomic E-state index is 0.318. The molecule has 1 fully saturated rings. The highest BCUT2D eigenvalue weighted by Crippen LogP contribution is 2.23. The molecule has 0 saturated carbocycles. The molecule has 3 N–H and O–H groups in total. The van der Waals surface area contributed by atoms with Crippen LogP contribution >= 0.6 is 0 Å². The third-order valence-electron chi connectivity index (χ3n) is 2.99. The summed E-state index contributed by atoms with van der Waals surface area (Å²) in [6.07, 6.45) is 2.72. The maximum Gasteiger partial charge on any atom is 0.318 e. The van der Waals surface area contributed by atoms with Crippen molar-refractivity contribution in [3.63, 3.8) is 0 Å². The van der Waals surface area contributed by atoms with Crippen LogP contribution in [-0.2, 0) is 11.3 Å². The van der Waals surface area contributed by atoms with Gasteiger partial charge in [0.05, 0.1) is 6.54 Å². The highest BCUT2D eigenvalue weighted by Gasteiger charge is 2.32. The quantitative estimate of drug-likeness (QED) is 0.694. The summed E-state index contributed by atoms with van der Waals surface area (Å²) in [4.78, 5) is 13.1. The second kappa shape index (κ2) is 5.81. The first kappa shape index (κ1) is 12.8. The highest BCUT2D eigenvalue weighted by molar-refractivity contribution is 5.83. The molecule has 1 saturated heterocycles. The minimum Gasteiger partial charge on any atom is -0.407 e. The zero-order valence-corrected chi connectivity index (χ0v) is 10.6. The lowest BCUT2D eigenvalue weighted by molar-refractivity contribution is -0.119. The summed E-state index contributed by atoms with van der Waals surface area (Å²) in [5, 5.41) is 11.1. The van der Waals surface area contributed by atoms with Crippen LogP contribution in [0.15, 0.2) is 4.42 Å². The van der Waals surface area contributed by atoms with E-state index >= 15 is 0 Å². The van der Waals surface area contributed by atoms with Gasteiger partial charge in [-0.25, -0.2) is 0 Å². The molecule has 1 amide bonds. The van der Waals surface area contributed by atoms with Crippen molar-refractivity contribution in [2.24, 2.45) is 5.73 Å². The highest BCUT2D eigenvalue weighted by atomic mass is 16.4. The summed E-state index contributed by atoms with van der Waals surface area (Å²) in [5.41, 5.74) is 5.35. The van der Waals surface area contributed by atoms with Gasteiger partial charge in [0, 0.05) is 6.54 Å². The molecule has 1 unspecified atom stereocenters. The van der Waals surface area contributed by atoms with Crippen LogP contribution in [0.1, 0.15) is 32.1 Å². The molecule has 0 aliphatic carbocycles. The Hall–Kier alpha value is -1.63. The Morgan fingerprint density at radius 1 is 1.61 bits per heavy atom. The fourth-order valence-corrected chi connectivity index (χ4v) is 2.10. The van der Waals surface area contributed by atoms with E-state index in [0.29, 0.717) is 18.5 Å². The van der Waals surface area contributed by atoms with Crippen LogP contribution in [0.3, 0.4) is 0 Å². The zero-order valence-electron chi connectivity index (χ0n) is 10.6. The lowest BCUT2D eigenvalue weighted by atomic mass is 10.2.